The molecule has 49 heavy (non-hydrogen) atoms. The Balaban J connectivity index is 1.55. The number of benzene rings is 2. The second kappa shape index (κ2) is 16.9. The zero-order valence-corrected chi connectivity index (χ0v) is 28.8. The second-order valence-electron chi connectivity index (χ2n) is 13.4. The Morgan fingerprint density at radius 1 is 0.857 bits per heavy atom. The van der Waals surface area contributed by atoms with Gasteiger partial charge in [-0.1, -0.05) is 64.1 Å². The normalized spacial score (nSPS) is 22.8. The van der Waals surface area contributed by atoms with Crippen LogP contribution in [0.4, 0.5) is 0 Å². The highest BCUT2D eigenvalue weighted by Gasteiger charge is 2.33. The summed E-state index contributed by atoms with van der Waals surface area (Å²) in [6, 6.07) is 10.3. The molecule has 0 spiro atoms. The summed E-state index contributed by atoms with van der Waals surface area (Å²) in [5.41, 5.74) is 1.91. The van der Waals surface area contributed by atoms with Gasteiger partial charge in [-0.3, -0.25) is 28.8 Å². The van der Waals surface area contributed by atoms with Crippen molar-refractivity contribution in [2.24, 2.45) is 11.8 Å². The van der Waals surface area contributed by atoms with Crippen LogP contribution in [-0.4, -0.2) is 77.7 Å². The molecule has 13 nitrogen and oxygen atoms in total. The van der Waals surface area contributed by atoms with E-state index in [9.17, 15) is 28.8 Å². The summed E-state index contributed by atoms with van der Waals surface area (Å²) in [5, 5.41) is 13.8. The first kappa shape index (κ1) is 36.9. The van der Waals surface area contributed by atoms with Gasteiger partial charge in [0, 0.05) is 26.1 Å². The predicted molar refractivity (Wildman–Crippen MR) is 182 cm³/mol. The SMILES string of the molecule is CC(C)[C@@H]1NC(=O)C[C@@H](C(=O)NCc2ccc(CN3CCCC3=O)cc2)NC(=O)c2ccccc2OC[C@H](C)NC(=O)[C@@H](C(C)C)NC1=O. The lowest BCUT2D eigenvalue weighted by molar-refractivity contribution is -0.134. The van der Waals surface area contributed by atoms with E-state index in [1.807, 2.05) is 29.2 Å². The third-order valence-electron chi connectivity index (χ3n) is 8.57. The van der Waals surface area contributed by atoms with E-state index in [-0.39, 0.29) is 42.2 Å². The molecule has 4 rings (SSSR count). The van der Waals surface area contributed by atoms with Crippen LogP contribution < -0.4 is 31.3 Å². The third kappa shape index (κ3) is 10.3. The molecule has 0 radical (unpaired) electrons. The van der Waals surface area contributed by atoms with Gasteiger partial charge >= 0.3 is 0 Å². The summed E-state index contributed by atoms with van der Waals surface area (Å²) in [6.45, 7) is 10.3. The van der Waals surface area contributed by atoms with Crippen molar-refractivity contribution in [1.29, 1.82) is 0 Å². The van der Waals surface area contributed by atoms with Crippen molar-refractivity contribution >= 4 is 35.4 Å². The van der Waals surface area contributed by atoms with Crippen molar-refractivity contribution in [3.05, 3.63) is 65.2 Å². The maximum absolute atomic E-state index is 13.6. The van der Waals surface area contributed by atoms with Crippen LogP contribution in [-0.2, 0) is 37.1 Å². The lowest BCUT2D eigenvalue weighted by Crippen LogP contribution is -2.58. The standard InChI is InChI=1S/C36H48N6O7/c1-21(2)31-36(48)41-32(22(3)4)35(47)38-23(5)20-49-28-10-7-6-9-26(28)33(45)39-27(17-29(43)40-31)34(46)37-18-24-12-14-25(15-13-24)19-42-16-8-11-30(42)44/h6-7,9-10,12-15,21-23,27,31-32H,8,11,16-20H2,1-5H3,(H,37,46)(H,38,47)(H,39,45)(H,40,43)(H,41,48)/t23-,27-,31-,32+/m0/s1. The van der Waals surface area contributed by atoms with Crippen LogP contribution in [0.5, 0.6) is 5.75 Å². The summed E-state index contributed by atoms with van der Waals surface area (Å²) in [7, 11) is 0. The summed E-state index contributed by atoms with van der Waals surface area (Å²) in [5.74, 6) is -3.05. The Morgan fingerprint density at radius 2 is 1.49 bits per heavy atom. The van der Waals surface area contributed by atoms with Gasteiger partial charge in [0.1, 0.15) is 30.5 Å². The highest BCUT2D eigenvalue weighted by molar-refractivity contribution is 6.01. The van der Waals surface area contributed by atoms with Gasteiger partial charge in [-0.2, -0.15) is 0 Å². The predicted octanol–water partition coefficient (Wildman–Crippen LogP) is 1.79. The van der Waals surface area contributed by atoms with Gasteiger partial charge in [-0.25, -0.2) is 0 Å². The van der Waals surface area contributed by atoms with E-state index in [4.69, 9.17) is 4.74 Å². The molecule has 6 amide bonds. The largest absolute Gasteiger partial charge is 0.491 e. The van der Waals surface area contributed by atoms with Gasteiger partial charge in [0.05, 0.1) is 18.0 Å². The number of hydrogen-bond acceptors (Lipinski definition) is 7. The lowest BCUT2D eigenvalue weighted by Gasteiger charge is -2.28. The molecular weight excluding hydrogens is 628 g/mol. The monoisotopic (exact) mass is 676 g/mol. The number of likely N-dealkylation sites (tertiary alicyclic amines) is 1. The topological polar surface area (TPSA) is 175 Å². The molecule has 264 valence electrons. The smallest absolute Gasteiger partial charge is 0.255 e. The number of nitrogens with zero attached hydrogens (tertiary/aromatic N) is 1. The summed E-state index contributed by atoms with van der Waals surface area (Å²) >= 11 is 0. The number of ether oxygens (including phenoxy) is 1. The van der Waals surface area contributed by atoms with Gasteiger partial charge in [-0.15, -0.1) is 0 Å². The first-order chi connectivity index (χ1) is 23.3. The van der Waals surface area contributed by atoms with Gasteiger partial charge in [0.2, 0.25) is 29.5 Å². The molecule has 2 aromatic rings. The van der Waals surface area contributed by atoms with Gasteiger partial charge in [0.25, 0.3) is 5.91 Å². The molecule has 1 saturated heterocycles. The van der Waals surface area contributed by atoms with Gasteiger partial charge < -0.3 is 36.2 Å². The molecule has 1 fully saturated rings. The highest BCUT2D eigenvalue weighted by atomic mass is 16.5. The fourth-order valence-electron chi connectivity index (χ4n) is 5.71. The number of para-hydroxylation sites is 1. The van der Waals surface area contributed by atoms with E-state index in [2.05, 4.69) is 26.6 Å². The van der Waals surface area contributed by atoms with Crippen molar-refractivity contribution in [3.8, 4) is 5.75 Å². The maximum Gasteiger partial charge on any atom is 0.255 e. The molecule has 0 aliphatic carbocycles. The van der Waals surface area contributed by atoms with E-state index in [1.165, 1.54) is 0 Å². The Morgan fingerprint density at radius 3 is 2.14 bits per heavy atom. The van der Waals surface area contributed by atoms with E-state index in [0.717, 1.165) is 24.1 Å². The van der Waals surface area contributed by atoms with Crippen molar-refractivity contribution < 1.29 is 33.5 Å². The molecule has 0 saturated carbocycles. The van der Waals surface area contributed by atoms with Crippen LogP contribution in [0, 0.1) is 11.8 Å². The molecular formula is C36H48N6O7. The molecule has 2 heterocycles. The highest BCUT2D eigenvalue weighted by Crippen LogP contribution is 2.19. The molecule has 0 aromatic heterocycles. The fraction of sp³-hybridized carbons (Fsp3) is 0.500. The van der Waals surface area contributed by atoms with Crippen molar-refractivity contribution in [1.82, 2.24) is 31.5 Å². The number of rotatable bonds is 7. The number of fused-ring (bicyclic) bond motifs is 1. The van der Waals surface area contributed by atoms with Gasteiger partial charge in [0.15, 0.2) is 0 Å². The molecule has 0 bridgehead atoms. The van der Waals surface area contributed by atoms with Crippen LogP contribution in [0.15, 0.2) is 48.5 Å². The molecule has 2 aliphatic rings. The number of carbonyl (C=O) groups excluding carboxylic acids is 6. The number of nitrogens with one attached hydrogen (secondary N) is 5. The van der Waals surface area contributed by atoms with Crippen molar-refractivity contribution in [2.75, 3.05) is 13.2 Å². The minimum atomic E-state index is -1.29. The van der Waals surface area contributed by atoms with Crippen LogP contribution in [0.2, 0.25) is 0 Å². The first-order valence-corrected chi connectivity index (χ1v) is 16.9. The Labute approximate surface area is 287 Å². The average molecular weight is 677 g/mol. The summed E-state index contributed by atoms with van der Waals surface area (Å²) < 4.78 is 5.92. The quantitative estimate of drug-likeness (QED) is 0.297. The molecule has 5 N–H and O–H groups in total. The summed E-state index contributed by atoms with van der Waals surface area (Å²) in [4.78, 5) is 80.9. The van der Waals surface area contributed by atoms with E-state index in [1.54, 1.807) is 58.9 Å². The van der Waals surface area contributed by atoms with E-state index in [0.29, 0.717) is 13.0 Å². The summed E-state index contributed by atoms with van der Waals surface area (Å²) in [6.07, 6.45) is 0.976. The van der Waals surface area contributed by atoms with Crippen LogP contribution in [0.3, 0.4) is 0 Å². The number of carbonyl (C=O) groups is 6. The zero-order valence-electron chi connectivity index (χ0n) is 28.8. The fourth-order valence-corrected chi connectivity index (χ4v) is 5.71. The Hall–Kier alpha value is -4.94. The Bertz CT molecular complexity index is 1530. The number of amides is 6. The van der Waals surface area contributed by atoms with E-state index < -0.39 is 60.1 Å². The Kier molecular flexibility index (Phi) is 12.8. The molecule has 2 aromatic carbocycles. The second-order valence-corrected chi connectivity index (χ2v) is 13.4. The van der Waals surface area contributed by atoms with Crippen LogP contribution >= 0.6 is 0 Å². The first-order valence-electron chi connectivity index (χ1n) is 16.9. The number of hydrogen-bond donors (Lipinski definition) is 5. The van der Waals surface area contributed by atoms with Gasteiger partial charge in [-0.05, 0) is 48.4 Å². The lowest BCUT2D eigenvalue weighted by atomic mass is 9.99. The third-order valence-corrected chi connectivity index (χ3v) is 8.57. The van der Waals surface area contributed by atoms with Crippen LogP contribution in [0.25, 0.3) is 0 Å². The van der Waals surface area contributed by atoms with E-state index >= 15 is 0 Å². The van der Waals surface area contributed by atoms with Crippen molar-refractivity contribution in [2.45, 2.75) is 91.1 Å². The van der Waals surface area contributed by atoms with Crippen LogP contribution in [0.1, 0.15) is 75.4 Å². The molecule has 2 aliphatic heterocycles. The minimum absolute atomic E-state index is 0.0283. The molecule has 4 atom stereocenters. The minimum Gasteiger partial charge on any atom is -0.491 e. The maximum atomic E-state index is 13.6. The molecule has 13 heteroatoms. The molecule has 0 unspecified atom stereocenters. The van der Waals surface area contributed by atoms with Crippen molar-refractivity contribution in [3.63, 3.8) is 0 Å². The average Bonchev–Trinajstić information content (AvgIpc) is 3.47. The zero-order chi connectivity index (χ0) is 35.7.